The Labute approximate surface area is 87.8 Å². The van der Waals surface area contributed by atoms with Gasteiger partial charge in [-0.3, -0.25) is 0 Å². The molecular weight excluding hydrogens is 192 g/mol. The smallest absolute Gasteiger partial charge is 0.0982 e. The molecule has 0 radical (unpaired) electrons. The van der Waals surface area contributed by atoms with Gasteiger partial charge in [-0.15, -0.1) is 11.3 Å². The van der Waals surface area contributed by atoms with Crippen molar-refractivity contribution in [1.29, 1.82) is 0 Å². The van der Waals surface area contributed by atoms with Crippen LogP contribution >= 0.6 is 11.3 Å². The first kappa shape index (κ1) is 9.62. The van der Waals surface area contributed by atoms with E-state index in [0.717, 1.165) is 11.9 Å². The summed E-state index contributed by atoms with van der Waals surface area (Å²) < 4.78 is 1.26. The lowest BCUT2D eigenvalue weighted by Crippen LogP contribution is -2.10. The number of fused-ring (bicyclic) bond motifs is 1. The molecule has 1 heterocycles. The topological polar surface area (TPSA) is 38.9 Å². The van der Waals surface area contributed by atoms with E-state index in [4.69, 9.17) is 5.73 Å². The van der Waals surface area contributed by atoms with E-state index in [2.05, 4.69) is 24.0 Å². The van der Waals surface area contributed by atoms with Gasteiger partial charge in [-0.1, -0.05) is 19.1 Å². The molecule has 0 aliphatic heterocycles. The van der Waals surface area contributed by atoms with Gasteiger partial charge in [-0.2, -0.15) is 0 Å². The van der Waals surface area contributed by atoms with Crippen LogP contribution in [0.1, 0.15) is 24.3 Å². The van der Waals surface area contributed by atoms with E-state index in [9.17, 15) is 0 Å². The Balaban J connectivity index is 2.43. The third-order valence-corrected chi connectivity index (χ3v) is 3.64. The SMILES string of the molecule is CC[C@@H](CN)c1nc2ccccc2s1. The fraction of sp³-hybridized carbons (Fsp3) is 0.364. The van der Waals surface area contributed by atoms with E-state index < -0.39 is 0 Å². The minimum atomic E-state index is 0.424. The van der Waals surface area contributed by atoms with Crippen molar-refractivity contribution in [2.75, 3.05) is 6.54 Å². The van der Waals surface area contributed by atoms with Gasteiger partial charge in [0.25, 0.3) is 0 Å². The minimum absolute atomic E-state index is 0.424. The quantitative estimate of drug-likeness (QED) is 0.838. The maximum absolute atomic E-state index is 5.70. The van der Waals surface area contributed by atoms with E-state index in [0.29, 0.717) is 12.5 Å². The summed E-state index contributed by atoms with van der Waals surface area (Å²) in [5.74, 6) is 0.424. The first-order chi connectivity index (χ1) is 6.85. The van der Waals surface area contributed by atoms with Crippen LogP contribution in [0, 0.1) is 0 Å². The largest absolute Gasteiger partial charge is 0.330 e. The minimum Gasteiger partial charge on any atom is -0.330 e. The van der Waals surface area contributed by atoms with E-state index in [1.54, 1.807) is 11.3 Å². The van der Waals surface area contributed by atoms with Crippen molar-refractivity contribution in [2.24, 2.45) is 5.73 Å². The van der Waals surface area contributed by atoms with Crippen LogP contribution in [0.15, 0.2) is 24.3 Å². The molecule has 0 unspecified atom stereocenters. The molecule has 0 amide bonds. The van der Waals surface area contributed by atoms with Crippen LogP contribution < -0.4 is 5.73 Å². The molecule has 0 saturated heterocycles. The van der Waals surface area contributed by atoms with Gasteiger partial charge >= 0.3 is 0 Å². The summed E-state index contributed by atoms with van der Waals surface area (Å²) >= 11 is 1.76. The number of hydrogen-bond acceptors (Lipinski definition) is 3. The summed E-state index contributed by atoms with van der Waals surface area (Å²) in [6.45, 7) is 2.85. The molecule has 1 atom stereocenters. The number of thiazole rings is 1. The highest BCUT2D eigenvalue weighted by Gasteiger charge is 2.12. The fourth-order valence-corrected chi connectivity index (χ4v) is 2.67. The first-order valence-corrected chi connectivity index (χ1v) is 5.72. The Bertz CT molecular complexity index is 385. The van der Waals surface area contributed by atoms with Gasteiger partial charge in [0, 0.05) is 12.5 Å². The van der Waals surface area contributed by atoms with Crippen molar-refractivity contribution in [3.63, 3.8) is 0 Å². The Morgan fingerprint density at radius 2 is 2.21 bits per heavy atom. The van der Waals surface area contributed by atoms with Crippen molar-refractivity contribution in [3.8, 4) is 0 Å². The molecule has 14 heavy (non-hydrogen) atoms. The lowest BCUT2D eigenvalue weighted by atomic mass is 10.1. The molecule has 74 valence electrons. The fourth-order valence-electron chi connectivity index (χ4n) is 1.51. The van der Waals surface area contributed by atoms with Crippen LogP contribution in [0.25, 0.3) is 10.2 Å². The van der Waals surface area contributed by atoms with Gasteiger partial charge in [-0.05, 0) is 18.6 Å². The molecule has 2 N–H and O–H groups in total. The van der Waals surface area contributed by atoms with Crippen molar-refractivity contribution in [3.05, 3.63) is 29.3 Å². The third kappa shape index (κ3) is 1.65. The van der Waals surface area contributed by atoms with Gasteiger partial charge in [0.2, 0.25) is 0 Å². The highest BCUT2D eigenvalue weighted by atomic mass is 32.1. The van der Waals surface area contributed by atoms with Crippen LogP contribution in [-0.4, -0.2) is 11.5 Å². The Hall–Kier alpha value is -0.930. The Morgan fingerprint density at radius 1 is 1.43 bits per heavy atom. The average molecular weight is 206 g/mol. The summed E-state index contributed by atoms with van der Waals surface area (Å²) in [4.78, 5) is 4.59. The summed E-state index contributed by atoms with van der Waals surface area (Å²) in [6, 6.07) is 8.24. The van der Waals surface area contributed by atoms with Crippen molar-refractivity contribution >= 4 is 21.6 Å². The zero-order valence-corrected chi connectivity index (χ0v) is 9.05. The second-order valence-corrected chi connectivity index (χ2v) is 4.42. The van der Waals surface area contributed by atoms with Crippen LogP contribution in [0.5, 0.6) is 0 Å². The Morgan fingerprint density at radius 3 is 2.86 bits per heavy atom. The molecule has 0 aliphatic rings. The molecule has 0 fully saturated rings. The second kappa shape index (κ2) is 4.07. The number of rotatable bonds is 3. The number of nitrogens with two attached hydrogens (primary N) is 1. The first-order valence-electron chi connectivity index (χ1n) is 4.90. The standard InChI is InChI=1S/C11H14N2S/c1-2-8(7-12)11-13-9-5-3-4-6-10(9)14-11/h3-6,8H,2,7,12H2,1H3/t8-/m0/s1. The monoisotopic (exact) mass is 206 g/mol. The molecule has 0 saturated carbocycles. The van der Waals surface area contributed by atoms with Crippen LogP contribution in [-0.2, 0) is 0 Å². The summed E-state index contributed by atoms with van der Waals surface area (Å²) in [6.07, 6.45) is 1.07. The summed E-state index contributed by atoms with van der Waals surface area (Å²) in [7, 11) is 0. The molecular formula is C11H14N2S. The average Bonchev–Trinajstić information content (AvgIpc) is 2.63. The molecule has 1 aromatic carbocycles. The third-order valence-electron chi connectivity index (χ3n) is 2.44. The number of aromatic nitrogens is 1. The van der Waals surface area contributed by atoms with Crippen molar-refractivity contribution in [1.82, 2.24) is 4.98 Å². The second-order valence-electron chi connectivity index (χ2n) is 3.36. The highest BCUT2D eigenvalue weighted by molar-refractivity contribution is 7.18. The molecule has 0 aliphatic carbocycles. The van der Waals surface area contributed by atoms with Crippen molar-refractivity contribution < 1.29 is 0 Å². The molecule has 3 heteroatoms. The lowest BCUT2D eigenvalue weighted by molar-refractivity contribution is 0.671. The summed E-state index contributed by atoms with van der Waals surface area (Å²) in [5.41, 5.74) is 6.80. The Kier molecular flexibility index (Phi) is 2.79. The number of benzene rings is 1. The van der Waals surface area contributed by atoms with E-state index in [1.807, 2.05) is 12.1 Å². The van der Waals surface area contributed by atoms with Crippen molar-refractivity contribution in [2.45, 2.75) is 19.3 Å². The molecule has 2 nitrogen and oxygen atoms in total. The number of nitrogens with zero attached hydrogens (tertiary/aromatic N) is 1. The molecule has 1 aromatic heterocycles. The predicted octanol–water partition coefficient (Wildman–Crippen LogP) is 2.75. The molecule has 2 aromatic rings. The summed E-state index contributed by atoms with van der Waals surface area (Å²) in [5, 5.41) is 1.18. The normalized spacial score (nSPS) is 13.3. The lowest BCUT2D eigenvalue weighted by Gasteiger charge is -2.06. The van der Waals surface area contributed by atoms with Gasteiger partial charge in [0.05, 0.1) is 15.2 Å². The van der Waals surface area contributed by atoms with Gasteiger partial charge in [0.15, 0.2) is 0 Å². The van der Waals surface area contributed by atoms with Gasteiger partial charge in [0.1, 0.15) is 0 Å². The van der Waals surface area contributed by atoms with E-state index in [-0.39, 0.29) is 0 Å². The van der Waals surface area contributed by atoms with E-state index in [1.165, 1.54) is 9.71 Å². The highest BCUT2D eigenvalue weighted by Crippen LogP contribution is 2.28. The molecule has 2 rings (SSSR count). The van der Waals surface area contributed by atoms with E-state index >= 15 is 0 Å². The zero-order valence-electron chi connectivity index (χ0n) is 8.23. The maximum atomic E-state index is 5.70. The predicted molar refractivity (Wildman–Crippen MR) is 61.7 cm³/mol. The maximum Gasteiger partial charge on any atom is 0.0982 e. The van der Waals surface area contributed by atoms with Crippen LogP contribution in [0.3, 0.4) is 0 Å². The number of hydrogen-bond donors (Lipinski definition) is 1. The number of para-hydroxylation sites is 1. The van der Waals surface area contributed by atoms with Gasteiger partial charge < -0.3 is 5.73 Å². The van der Waals surface area contributed by atoms with Gasteiger partial charge in [-0.25, -0.2) is 4.98 Å². The van der Waals surface area contributed by atoms with Crippen LogP contribution in [0.4, 0.5) is 0 Å². The molecule has 0 bridgehead atoms. The molecule has 0 spiro atoms. The van der Waals surface area contributed by atoms with Crippen LogP contribution in [0.2, 0.25) is 0 Å². The zero-order chi connectivity index (χ0) is 9.97.